The zero-order valence-electron chi connectivity index (χ0n) is 10.8. The number of H-pyrrole nitrogens is 1. The van der Waals surface area contributed by atoms with Crippen molar-refractivity contribution in [3.8, 4) is 0 Å². The van der Waals surface area contributed by atoms with E-state index in [1.165, 1.54) is 25.4 Å². The van der Waals surface area contributed by atoms with Crippen molar-refractivity contribution in [2.75, 3.05) is 12.4 Å². The van der Waals surface area contributed by atoms with Gasteiger partial charge in [-0.2, -0.15) is 0 Å². The maximum Gasteiger partial charge on any atom is 0.257 e. The lowest BCUT2D eigenvalue weighted by Gasteiger charge is -2.09. The van der Waals surface area contributed by atoms with Crippen LogP contribution in [0.1, 0.15) is 20.7 Å². The number of benzene rings is 1. The predicted octanol–water partition coefficient (Wildman–Crippen LogP) is 0.987. The fourth-order valence-corrected chi connectivity index (χ4v) is 1.67. The van der Waals surface area contributed by atoms with Gasteiger partial charge in [0, 0.05) is 19.3 Å². The molecule has 0 unspecified atom stereocenters. The van der Waals surface area contributed by atoms with Crippen molar-refractivity contribution in [3.63, 3.8) is 0 Å². The third-order valence-corrected chi connectivity index (χ3v) is 2.69. The first kappa shape index (κ1) is 13.5. The molecule has 0 atom stereocenters. The van der Waals surface area contributed by atoms with E-state index >= 15 is 0 Å². The molecular formula is C14H13N3O3. The Bertz CT molecular complexity index is 686. The summed E-state index contributed by atoms with van der Waals surface area (Å²) >= 11 is 0. The number of hydrogen-bond donors (Lipinski definition) is 3. The summed E-state index contributed by atoms with van der Waals surface area (Å²) in [4.78, 5) is 37.1. The molecule has 0 spiro atoms. The Labute approximate surface area is 114 Å². The third kappa shape index (κ3) is 2.92. The van der Waals surface area contributed by atoms with Gasteiger partial charge >= 0.3 is 0 Å². The van der Waals surface area contributed by atoms with Gasteiger partial charge in [-0.3, -0.25) is 14.4 Å². The Balaban J connectivity index is 2.26. The molecule has 102 valence electrons. The van der Waals surface area contributed by atoms with E-state index < -0.39 is 5.91 Å². The van der Waals surface area contributed by atoms with Crippen molar-refractivity contribution in [2.24, 2.45) is 0 Å². The number of carbonyl (C=O) groups excluding carboxylic acids is 2. The topological polar surface area (TPSA) is 91.1 Å². The van der Waals surface area contributed by atoms with Crippen LogP contribution in [0.15, 0.2) is 47.4 Å². The van der Waals surface area contributed by atoms with Crippen molar-refractivity contribution in [1.29, 1.82) is 0 Å². The zero-order valence-corrected chi connectivity index (χ0v) is 10.8. The first-order valence-corrected chi connectivity index (χ1v) is 5.93. The number of para-hydroxylation sites is 1. The molecule has 20 heavy (non-hydrogen) atoms. The number of hydrogen-bond acceptors (Lipinski definition) is 3. The van der Waals surface area contributed by atoms with Crippen molar-refractivity contribution >= 4 is 17.5 Å². The maximum absolute atomic E-state index is 12.0. The SMILES string of the molecule is CNC(=O)c1ccccc1NC(=O)c1ccc(=O)[nH]c1. The van der Waals surface area contributed by atoms with Gasteiger partial charge < -0.3 is 15.6 Å². The second-order valence-corrected chi connectivity index (χ2v) is 4.02. The molecule has 0 aliphatic rings. The van der Waals surface area contributed by atoms with Gasteiger partial charge in [-0.05, 0) is 18.2 Å². The van der Waals surface area contributed by atoms with Crippen molar-refractivity contribution in [3.05, 3.63) is 64.1 Å². The normalized spacial score (nSPS) is 9.85. The van der Waals surface area contributed by atoms with E-state index in [1.54, 1.807) is 24.3 Å². The molecule has 1 heterocycles. The van der Waals surface area contributed by atoms with Crippen molar-refractivity contribution < 1.29 is 9.59 Å². The zero-order chi connectivity index (χ0) is 14.5. The molecule has 0 aliphatic carbocycles. The van der Waals surface area contributed by atoms with Gasteiger partial charge in [0.2, 0.25) is 5.56 Å². The number of nitrogens with one attached hydrogen (secondary N) is 3. The molecule has 1 aromatic carbocycles. The van der Waals surface area contributed by atoms with E-state index in [-0.39, 0.29) is 11.5 Å². The number of rotatable bonds is 3. The Morgan fingerprint density at radius 1 is 1.05 bits per heavy atom. The fourth-order valence-electron chi connectivity index (χ4n) is 1.67. The highest BCUT2D eigenvalue weighted by atomic mass is 16.2. The molecule has 6 nitrogen and oxygen atoms in total. The second-order valence-electron chi connectivity index (χ2n) is 4.02. The van der Waals surface area contributed by atoms with Crippen LogP contribution in [-0.2, 0) is 0 Å². The number of pyridine rings is 1. The van der Waals surface area contributed by atoms with Crippen LogP contribution in [0.5, 0.6) is 0 Å². The van der Waals surface area contributed by atoms with E-state index in [2.05, 4.69) is 15.6 Å². The van der Waals surface area contributed by atoms with E-state index in [9.17, 15) is 14.4 Å². The van der Waals surface area contributed by atoms with Gasteiger partial charge in [-0.15, -0.1) is 0 Å². The second kappa shape index (κ2) is 5.83. The van der Waals surface area contributed by atoms with Gasteiger partial charge in [0.1, 0.15) is 0 Å². The Hall–Kier alpha value is -2.89. The number of anilines is 1. The average Bonchev–Trinajstić information content (AvgIpc) is 2.47. The molecule has 0 radical (unpaired) electrons. The van der Waals surface area contributed by atoms with Crippen LogP contribution in [0, 0.1) is 0 Å². The highest BCUT2D eigenvalue weighted by molar-refractivity contribution is 6.08. The van der Waals surface area contributed by atoms with Crippen LogP contribution < -0.4 is 16.2 Å². The largest absolute Gasteiger partial charge is 0.355 e. The summed E-state index contributed by atoms with van der Waals surface area (Å²) in [5.74, 6) is -0.694. The molecular weight excluding hydrogens is 258 g/mol. The minimum absolute atomic E-state index is 0.285. The van der Waals surface area contributed by atoms with Crippen LogP contribution in [0.2, 0.25) is 0 Å². The van der Waals surface area contributed by atoms with Crippen molar-refractivity contribution in [1.82, 2.24) is 10.3 Å². The van der Waals surface area contributed by atoms with Gasteiger partial charge in [0.15, 0.2) is 0 Å². The lowest BCUT2D eigenvalue weighted by atomic mass is 10.1. The highest BCUT2D eigenvalue weighted by Crippen LogP contribution is 2.15. The van der Waals surface area contributed by atoms with Gasteiger partial charge in [-0.25, -0.2) is 0 Å². The van der Waals surface area contributed by atoms with Crippen LogP contribution in [0.25, 0.3) is 0 Å². The summed E-state index contributed by atoms with van der Waals surface area (Å²) in [5.41, 5.74) is 0.791. The number of carbonyl (C=O) groups is 2. The summed E-state index contributed by atoms with van der Waals surface area (Å²) < 4.78 is 0. The smallest absolute Gasteiger partial charge is 0.257 e. The molecule has 0 saturated heterocycles. The van der Waals surface area contributed by atoms with Crippen molar-refractivity contribution in [2.45, 2.75) is 0 Å². The average molecular weight is 271 g/mol. The first-order chi connectivity index (χ1) is 9.61. The predicted molar refractivity (Wildman–Crippen MR) is 74.8 cm³/mol. The minimum atomic E-state index is -0.405. The van der Waals surface area contributed by atoms with Crippen LogP contribution >= 0.6 is 0 Å². The van der Waals surface area contributed by atoms with Crippen LogP contribution in [-0.4, -0.2) is 23.8 Å². The molecule has 0 fully saturated rings. The molecule has 2 aromatic rings. The van der Waals surface area contributed by atoms with Crippen LogP contribution in [0.3, 0.4) is 0 Å². The van der Waals surface area contributed by atoms with E-state index in [1.807, 2.05) is 0 Å². The molecule has 3 N–H and O–H groups in total. The van der Waals surface area contributed by atoms with E-state index in [0.29, 0.717) is 16.8 Å². The molecule has 0 saturated carbocycles. The molecule has 1 aromatic heterocycles. The number of aromatic nitrogens is 1. The minimum Gasteiger partial charge on any atom is -0.355 e. The lowest BCUT2D eigenvalue weighted by Crippen LogP contribution is -2.21. The van der Waals surface area contributed by atoms with E-state index in [0.717, 1.165) is 0 Å². The van der Waals surface area contributed by atoms with Gasteiger partial charge in [-0.1, -0.05) is 12.1 Å². The molecule has 2 rings (SSSR count). The lowest BCUT2D eigenvalue weighted by molar-refractivity contribution is 0.0964. The molecule has 2 amide bonds. The quantitative estimate of drug-likeness (QED) is 0.777. The van der Waals surface area contributed by atoms with Gasteiger partial charge in [0.25, 0.3) is 11.8 Å². The van der Waals surface area contributed by atoms with Crippen LogP contribution in [0.4, 0.5) is 5.69 Å². The number of amides is 2. The maximum atomic E-state index is 12.0. The molecule has 6 heteroatoms. The Morgan fingerprint density at radius 3 is 2.45 bits per heavy atom. The standard InChI is InChI=1S/C14H13N3O3/c1-15-14(20)10-4-2-3-5-11(10)17-13(19)9-6-7-12(18)16-8-9/h2-8H,1H3,(H,15,20)(H,16,18)(H,17,19). The third-order valence-electron chi connectivity index (χ3n) is 2.69. The summed E-state index contributed by atoms with van der Waals surface area (Å²) in [6, 6.07) is 9.35. The first-order valence-electron chi connectivity index (χ1n) is 5.93. The molecule has 0 bridgehead atoms. The van der Waals surface area contributed by atoms with E-state index in [4.69, 9.17) is 0 Å². The summed E-state index contributed by atoms with van der Waals surface area (Å²) in [7, 11) is 1.52. The number of aromatic amines is 1. The summed E-state index contributed by atoms with van der Waals surface area (Å²) in [5, 5.41) is 5.14. The fraction of sp³-hybridized carbons (Fsp3) is 0.0714. The summed E-state index contributed by atoms with van der Waals surface area (Å²) in [6.07, 6.45) is 1.32. The summed E-state index contributed by atoms with van der Waals surface area (Å²) in [6.45, 7) is 0. The molecule has 0 aliphatic heterocycles. The Kier molecular flexibility index (Phi) is 3.95. The monoisotopic (exact) mass is 271 g/mol. The van der Waals surface area contributed by atoms with Gasteiger partial charge in [0.05, 0.1) is 16.8 Å². The highest BCUT2D eigenvalue weighted by Gasteiger charge is 2.12. The Morgan fingerprint density at radius 2 is 1.80 bits per heavy atom.